The van der Waals surface area contributed by atoms with Crippen molar-refractivity contribution in [3.63, 3.8) is 0 Å². The van der Waals surface area contributed by atoms with Crippen molar-refractivity contribution in [2.45, 2.75) is 38.3 Å². The highest BCUT2D eigenvalue weighted by atomic mass is 19.1. The molecule has 0 radical (unpaired) electrons. The van der Waals surface area contributed by atoms with E-state index in [2.05, 4.69) is 30.7 Å². The highest BCUT2D eigenvalue weighted by Gasteiger charge is 2.42. The van der Waals surface area contributed by atoms with Gasteiger partial charge in [0.05, 0.1) is 25.5 Å². The van der Waals surface area contributed by atoms with Crippen LogP contribution < -0.4 is 15.5 Å². The highest BCUT2D eigenvalue weighted by molar-refractivity contribution is 5.67. The van der Waals surface area contributed by atoms with E-state index in [0.29, 0.717) is 30.7 Å². The first-order valence-corrected chi connectivity index (χ1v) is 11.2. The van der Waals surface area contributed by atoms with Crippen LogP contribution in [-0.4, -0.2) is 81.9 Å². The Kier molecular flexibility index (Phi) is 6.20. The van der Waals surface area contributed by atoms with Gasteiger partial charge < -0.3 is 29.7 Å². The Hall–Kier alpha value is -3.45. The monoisotopic (exact) mass is 474 g/mol. The topological polar surface area (TPSA) is 131 Å². The largest absolute Gasteiger partial charge is 0.441 e. The van der Waals surface area contributed by atoms with Crippen LogP contribution >= 0.6 is 0 Å². The number of alkyl carbamates (subject to hydrolysis) is 1. The zero-order chi connectivity index (χ0) is 23.7. The molecule has 182 valence electrons. The van der Waals surface area contributed by atoms with Crippen LogP contribution in [0.3, 0.4) is 0 Å². The molecular weight excluding hydrogens is 447 g/mol. The van der Waals surface area contributed by atoms with Gasteiger partial charge in [0.25, 0.3) is 0 Å². The first-order valence-electron chi connectivity index (χ1n) is 11.2. The van der Waals surface area contributed by atoms with E-state index in [1.54, 1.807) is 36.7 Å². The van der Waals surface area contributed by atoms with E-state index in [1.165, 1.54) is 0 Å². The fourth-order valence-electron chi connectivity index (χ4n) is 3.96. The number of aromatic nitrogens is 5. The SMILES string of the molecule is CC(C)NC(=O)O[C@H]1CO[C@@H](c2cc(Nc3nc(N4CCOCC4)cc4nccn34)n[nH]2)[C@H]1F. The van der Waals surface area contributed by atoms with Crippen LogP contribution in [0, 0.1) is 0 Å². The number of anilines is 3. The molecule has 2 saturated heterocycles. The van der Waals surface area contributed by atoms with Crippen LogP contribution in [0.1, 0.15) is 25.6 Å². The molecule has 5 rings (SSSR count). The van der Waals surface area contributed by atoms with Crippen molar-refractivity contribution in [2.24, 2.45) is 0 Å². The molecule has 0 aromatic carbocycles. The zero-order valence-electron chi connectivity index (χ0n) is 18.9. The third-order valence-corrected chi connectivity index (χ3v) is 5.60. The fourth-order valence-corrected chi connectivity index (χ4v) is 3.96. The first kappa shape index (κ1) is 22.3. The fraction of sp³-hybridized carbons (Fsp3) is 0.524. The Morgan fingerprint density at radius 2 is 2.15 bits per heavy atom. The van der Waals surface area contributed by atoms with Gasteiger partial charge in [0, 0.05) is 43.7 Å². The summed E-state index contributed by atoms with van der Waals surface area (Å²) in [6.45, 7) is 6.31. The molecule has 3 N–H and O–H groups in total. The van der Waals surface area contributed by atoms with Gasteiger partial charge in [-0.15, -0.1) is 0 Å². The third-order valence-electron chi connectivity index (χ3n) is 5.60. The minimum absolute atomic E-state index is 0.0437. The molecule has 0 unspecified atom stereocenters. The van der Waals surface area contributed by atoms with E-state index in [4.69, 9.17) is 19.2 Å². The van der Waals surface area contributed by atoms with Crippen molar-refractivity contribution in [3.8, 4) is 0 Å². The minimum atomic E-state index is -1.53. The van der Waals surface area contributed by atoms with Crippen molar-refractivity contribution < 1.29 is 23.4 Å². The second-order valence-corrected chi connectivity index (χ2v) is 8.47. The summed E-state index contributed by atoms with van der Waals surface area (Å²) in [6.07, 6.45) is -0.648. The summed E-state index contributed by atoms with van der Waals surface area (Å²) in [7, 11) is 0. The van der Waals surface area contributed by atoms with Crippen LogP contribution in [0.25, 0.3) is 5.65 Å². The van der Waals surface area contributed by atoms with Crippen LogP contribution in [0.5, 0.6) is 0 Å². The van der Waals surface area contributed by atoms with E-state index >= 15 is 0 Å². The van der Waals surface area contributed by atoms with Crippen molar-refractivity contribution in [1.82, 2.24) is 29.9 Å². The highest BCUT2D eigenvalue weighted by Crippen LogP contribution is 2.33. The molecule has 34 heavy (non-hydrogen) atoms. The lowest BCUT2D eigenvalue weighted by atomic mass is 10.1. The number of nitrogens with one attached hydrogen (secondary N) is 3. The molecule has 12 nitrogen and oxygen atoms in total. The first-order chi connectivity index (χ1) is 16.5. The molecule has 2 aliphatic rings. The maximum Gasteiger partial charge on any atom is 0.407 e. The summed E-state index contributed by atoms with van der Waals surface area (Å²) < 4.78 is 32.9. The van der Waals surface area contributed by atoms with Crippen molar-refractivity contribution in [3.05, 3.63) is 30.2 Å². The number of hydrogen-bond donors (Lipinski definition) is 3. The number of alkyl halides is 1. The lowest BCUT2D eigenvalue weighted by Crippen LogP contribution is -2.36. The molecule has 0 bridgehead atoms. The summed E-state index contributed by atoms with van der Waals surface area (Å²) in [6, 6.07) is 3.46. The van der Waals surface area contributed by atoms with Gasteiger partial charge >= 0.3 is 6.09 Å². The van der Waals surface area contributed by atoms with Gasteiger partial charge in [-0.05, 0) is 13.8 Å². The van der Waals surface area contributed by atoms with Crippen LogP contribution in [0.4, 0.5) is 26.8 Å². The summed E-state index contributed by atoms with van der Waals surface area (Å²) in [4.78, 5) is 23.1. The van der Waals surface area contributed by atoms with Crippen molar-refractivity contribution in [2.75, 3.05) is 43.1 Å². The number of halogens is 1. The number of carbonyl (C=O) groups excluding carboxylic acids is 1. The molecule has 3 aromatic heterocycles. The Morgan fingerprint density at radius 3 is 2.94 bits per heavy atom. The lowest BCUT2D eigenvalue weighted by Gasteiger charge is -2.28. The number of carbonyl (C=O) groups is 1. The predicted molar refractivity (Wildman–Crippen MR) is 120 cm³/mol. The van der Waals surface area contributed by atoms with Gasteiger partial charge in [0.2, 0.25) is 5.95 Å². The van der Waals surface area contributed by atoms with Crippen LogP contribution in [0.15, 0.2) is 24.5 Å². The maximum absolute atomic E-state index is 15.0. The van der Waals surface area contributed by atoms with E-state index < -0.39 is 24.5 Å². The maximum atomic E-state index is 15.0. The molecular formula is C21H27FN8O4. The number of nitrogens with zero attached hydrogens (tertiary/aromatic N) is 5. The van der Waals surface area contributed by atoms with Gasteiger partial charge in [-0.2, -0.15) is 10.1 Å². The van der Waals surface area contributed by atoms with E-state index in [9.17, 15) is 9.18 Å². The van der Waals surface area contributed by atoms with E-state index in [-0.39, 0.29) is 12.6 Å². The predicted octanol–water partition coefficient (Wildman–Crippen LogP) is 1.95. The average molecular weight is 474 g/mol. The summed E-state index contributed by atoms with van der Waals surface area (Å²) in [5.41, 5.74) is 1.16. The minimum Gasteiger partial charge on any atom is -0.441 e. The second kappa shape index (κ2) is 9.43. The molecule has 0 spiro atoms. The van der Waals surface area contributed by atoms with Gasteiger partial charge in [-0.3, -0.25) is 9.50 Å². The number of morpholine rings is 1. The Bertz CT molecular complexity index is 1140. The normalized spacial score (nSPS) is 22.9. The van der Waals surface area contributed by atoms with Crippen LogP contribution in [0.2, 0.25) is 0 Å². The lowest BCUT2D eigenvalue weighted by molar-refractivity contribution is 0.0615. The number of H-pyrrole nitrogens is 1. The van der Waals surface area contributed by atoms with Crippen molar-refractivity contribution >= 4 is 29.3 Å². The smallest absolute Gasteiger partial charge is 0.407 e. The summed E-state index contributed by atoms with van der Waals surface area (Å²) in [5.74, 6) is 1.74. The molecule has 13 heteroatoms. The number of rotatable bonds is 6. The zero-order valence-corrected chi connectivity index (χ0v) is 18.9. The van der Waals surface area contributed by atoms with Gasteiger partial charge in [-0.1, -0.05) is 0 Å². The molecule has 1 amide bonds. The van der Waals surface area contributed by atoms with Crippen molar-refractivity contribution in [1.29, 1.82) is 0 Å². The number of ether oxygens (including phenoxy) is 3. The number of hydrogen-bond acceptors (Lipinski definition) is 9. The molecule has 5 heterocycles. The molecule has 2 aliphatic heterocycles. The van der Waals surface area contributed by atoms with E-state index in [1.807, 2.05) is 6.07 Å². The second-order valence-electron chi connectivity index (χ2n) is 8.47. The number of amides is 1. The standard InChI is InChI=1S/C21H27FN8O4/c1-12(2)24-21(31)34-14-11-33-19(18(14)22)13-9-15(28-27-13)25-20-26-17(29-5-7-32-8-6-29)10-16-23-3-4-30(16)20/h3-4,9-10,12,14,18-19H,5-8,11H2,1-2H3,(H,24,31)(H2,25,26,27,28)/t14-,18-,19-/m0/s1. The molecule has 0 aliphatic carbocycles. The third kappa shape index (κ3) is 4.61. The Balaban J connectivity index is 1.30. The molecule has 2 fully saturated rings. The number of aromatic amines is 1. The summed E-state index contributed by atoms with van der Waals surface area (Å²) in [5, 5.41) is 12.8. The Labute approximate surface area is 194 Å². The number of fused-ring (bicyclic) bond motifs is 1. The van der Waals surface area contributed by atoms with Gasteiger partial charge in [0.15, 0.2) is 18.1 Å². The molecule has 0 saturated carbocycles. The Morgan fingerprint density at radius 1 is 1.32 bits per heavy atom. The average Bonchev–Trinajstić information content (AvgIpc) is 3.55. The summed E-state index contributed by atoms with van der Waals surface area (Å²) >= 11 is 0. The quantitative estimate of drug-likeness (QED) is 0.490. The van der Waals surface area contributed by atoms with Gasteiger partial charge in [0.1, 0.15) is 17.6 Å². The van der Waals surface area contributed by atoms with E-state index in [0.717, 1.165) is 24.6 Å². The van der Waals surface area contributed by atoms with Gasteiger partial charge in [-0.25, -0.2) is 14.2 Å². The number of imidazole rings is 1. The molecule has 3 atom stereocenters. The molecule has 3 aromatic rings. The van der Waals surface area contributed by atoms with Crippen LogP contribution in [-0.2, 0) is 14.2 Å².